The van der Waals surface area contributed by atoms with Gasteiger partial charge in [-0.3, -0.25) is 0 Å². The molecule has 9 nitrogen and oxygen atoms in total. The van der Waals surface area contributed by atoms with E-state index in [9.17, 15) is 28.2 Å². The number of nitrogens with zero attached hydrogens (tertiary/aromatic N) is 4. The highest BCUT2D eigenvalue weighted by molar-refractivity contribution is 5.75. The number of halogens is 3. The van der Waals surface area contributed by atoms with Crippen LogP contribution < -0.4 is 10.4 Å². The van der Waals surface area contributed by atoms with E-state index < -0.39 is 17.8 Å². The largest absolute Gasteiger partial charge is 0.530 e. The number of likely N-dealkylation sites (tertiary alicyclic amines) is 1. The van der Waals surface area contributed by atoms with Gasteiger partial charge in [-0.15, -0.1) is 0 Å². The molecule has 0 radical (unpaired) electrons. The molecule has 186 valence electrons. The fourth-order valence-electron chi connectivity index (χ4n) is 4.21. The van der Waals surface area contributed by atoms with E-state index in [0.29, 0.717) is 46.9 Å². The first kappa shape index (κ1) is 24.3. The maximum Gasteiger partial charge on any atom is 0.417 e. The van der Waals surface area contributed by atoms with Crippen LogP contribution in [0.2, 0.25) is 0 Å². The van der Waals surface area contributed by atoms with Crippen LogP contribution in [0.1, 0.15) is 35.4 Å². The van der Waals surface area contributed by atoms with Crippen molar-refractivity contribution in [2.45, 2.75) is 45.8 Å². The van der Waals surface area contributed by atoms with Crippen molar-refractivity contribution >= 4 is 11.9 Å². The highest BCUT2D eigenvalue weighted by Crippen LogP contribution is 2.40. The zero-order chi connectivity index (χ0) is 25.5. The number of phenols is 1. The summed E-state index contributed by atoms with van der Waals surface area (Å²) in [5.41, 5.74) is 0.596. The molecule has 0 bridgehead atoms. The van der Waals surface area contributed by atoms with Crippen LogP contribution in [0.15, 0.2) is 22.7 Å². The number of benzene rings is 1. The summed E-state index contributed by atoms with van der Waals surface area (Å²) in [5.74, 6) is 0.146. The standard InChI is InChI=1S/C23H24F3N5O4/c1-11-19(18-12(2)30-35-13(18)3)28-21(16-10-15(32)4-5-17(16)23(24,25)26)29-20(11)27-14-6-8-31(9-7-14)22(33)34/h4-5,10,14,32H,6-9H2,1-3H3,(H,33,34)(H,27,28,29)/p-1. The highest BCUT2D eigenvalue weighted by Gasteiger charge is 2.35. The number of hydrogen-bond donors (Lipinski definition) is 2. The lowest BCUT2D eigenvalue weighted by molar-refractivity contribution is -0.266. The van der Waals surface area contributed by atoms with Crippen LogP contribution in [0.4, 0.5) is 23.8 Å². The fraction of sp³-hybridized carbons (Fsp3) is 0.391. The maximum atomic E-state index is 13.8. The van der Waals surface area contributed by atoms with Crippen molar-refractivity contribution in [2.75, 3.05) is 18.4 Å². The first-order valence-electron chi connectivity index (χ1n) is 10.9. The van der Waals surface area contributed by atoms with Crippen LogP contribution >= 0.6 is 0 Å². The van der Waals surface area contributed by atoms with Gasteiger partial charge >= 0.3 is 6.18 Å². The van der Waals surface area contributed by atoms with Gasteiger partial charge in [-0.25, -0.2) is 9.97 Å². The van der Waals surface area contributed by atoms with Crippen molar-refractivity contribution < 1.29 is 32.7 Å². The number of aromatic nitrogens is 3. The molecule has 1 aliphatic heterocycles. The van der Waals surface area contributed by atoms with Crippen molar-refractivity contribution in [1.82, 2.24) is 20.0 Å². The number of amides is 1. The van der Waals surface area contributed by atoms with E-state index in [1.54, 1.807) is 20.8 Å². The third-order valence-electron chi connectivity index (χ3n) is 6.06. The van der Waals surface area contributed by atoms with Crippen LogP contribution in [-0.2, 0) is 6.18 Å². The molecule has 2 N–H and O–H groups in total. The topological polar surface area (TPSA) is 127 Å². The molecule has 0 spiro atoms. The highest BCUT2D eigenvalue weighted by atomic mass is 19.4. The van der Waals surface area contributed by atoms with Crippen LogP contribution in [-0.4, -0.2) is 50.4 Å². The Morgan fingerprint density at radius 3 is 2.46 bits per heavy atom. The van der Waals surface area contributed by atoms with Crippen LogP contribution in [0.3, 0.4) is 0 Å². The number of aromatic hydroxyl groups is 1. The average Bonchev–Trinajstić information content (AvgIpc) is 3.12. The lowest BCUT2D eigenvalue weighted by atomic mass is 10.0. The lowest BCUT2D eigenvalue weighted by Crippen LogP contribution is -2.47. The van der Waals surface area contributed by atoms with Gasteiger partial charge in [0.1, 0.15) is 23.4 Å². The molecule has 0 aliphatic carbocycles. The molecule has 35 heavy (non-hydrogen) atoms. The number of rotatable bonds is 4. The fourth-order valence-corrected chi connectivity index (χ4v) is 4.21. The molecule has 1 fully saturated rings. The Balaban J connectivity index is 1.84. The van der Waals surface area contributed by atoms with Crippen molar-refractivity contribution in [3.8, 4) is 28.4 Å². The van der Waals surface area contributed by atoms with Gasteiger partial charge in [0.05, 0.1) is 22.5 Å². The number of carbonyl (C=O) groups excluding carboxylic acids is 1. The summed E-state index contributed by atoms with van der Waals surface area (Å²) in [7, 11) is 0. The summed E-state index contributed by atoms with van der Waals surface area (Å²) in [5, 5.41) is 28.2. The minimum absolute atomic E-state index is 0.171. The van der Waals surface area contributed by atoms with Gasteiger partial charge in [0.15, 0.2) is 5.82 Å². The van der Waals surface area contributed by atoms with Crippen molar-refractivity contribution in [2.24, 2.45) is 0 Å². The third kappa shape index (κ3) is 4.86. The molecule has 12 heteroatoms. The Labute approximate surface area is 198 Å². The molecule has 0 unspecified atom stereocenters. The molecule has 2 aromatic heterocycles. The zero-order valence-corrected chi connectivity index (χ0v) is 19.2. The van der Waals surface area contributed by atoms with E-state index >= 15 is 0 Å². The second-order valence-electron chi connectivity index (χ2n) is 8.47. The molecule has 1 saturated heterocycles. The van der Waals surface area contributed by atoms with E-state index in [1.807, 2.05) is 0 Å². The van der Waals surface area contributed by atoms with Gasteiger partial charge in [0, 0.05) is 30.3 Å². The first-order chi connectivity index (χ1) is 16.5. The van der Waals surface area contributed by atoms with E-state index in [-0.39, 0.29) is 36.3 Å². The van der Waals surface area contributed by atoms with E-state index in [2.05, 4.69) is 20.4 Å². The van der Waals surface area contributed by atoms with E-state index in [4.69, 9.17) is 4.52 Å². The number of carbonyl (C=O) groups is 1. The first-order valence-corrected chi connectivity index (χ1v) is 10.9. The molecule has 3 heterocycles. The van der Waals surface area contributed by atoms with Crippen LogP contribution in [0.25, 0.3) is 22.6 Å². The summed E-state index contributed by atoms with van der Waals surface area (Å²) in [6.07, 6.45) is -5.01. The molecule has 3 aromatic rings. The Morgan fingerprint density at radius 2 is 1.89 bits per heavy atom. The molecule has 1 amide bonds. The molecule has 1 aliphatic rings. The molecular weight excluding hydrogens is 467 g/mol. The molecular formula is C23H23F3N5O4-. The van der Waals surface area contributed by atoms with Gasteiger partial charge < -0.3 is 29.7 Å². The van der Waals surface area contributed by atoms with Gasteiger partial charge in [-0.2, -0.15) is 13.2 Å². The van der Waals surface area contributed by atoms with Gasteiger partial charge in [-0.05, 0) is 51.8 Å². The Hall–Kier alpha value is -3.83. The molecule has 4 rings (SSSR count). The summed E-state index contributed by atoms with van der Waals surface area (Å²) in [6.45, 7) is 5.63. The maximum absolute atomic E-state index is 13.8. The van der Waals surface area contributed by atoms with Crippen LogP contribution in [0.5, 0.6) is 5.75 Å². The summed E-state index contributed by atoms with van der Waals surface area (Å²) < 4.78 is 46.6. The minimum Gasteiger partial charge on any atom is -0.530 e. The number of carboxylic acid groups (broad SMARTS) is 1. The van der Waals surface area contributed by atoms with Gasteiger partial charge in [0.2, 0.25) is 0 Å². The van der Waals surface area contributed by atoms with E-state index in [1.165, 1.54) is 4.90 Å². The summed E-state index contributed by atoms with van der Waals surface area (Å²) in [6, 6.07) is 2.55. The zero-order valence-electron chi connectivity index (χ0n) is 19.2. The van der Waals surface area contributed by atoms with Crippen molar-refractivity contribution in [3.05, 3.63) is 40.8 Å². The van der Waals surface area contributed by atoms with Crippen molar-refractivity contribution in [1.29, 1.82) is 0 Å². The summed E-state index contributed by atoms with van der Waals surface area (Å²) >= 11 is 0. The second-order valence-corrected chi connectivity index (χ2v) is 8.47. The number of alkyl halides is 3. The van der Waals surface area contributed by atoms with Gasteiger partial charge in [0.25, 0.3) is 0 Å². The molecule has 1 aromatic carbocycles. The quantitative estimate of drug-likeness (QED) is 0.567. The Morgan fingerprint density at radius 1 is 1.20 bits per heavy atom. The monoisotopic (exact) mass is 490 g/mol. The molecule has 0 atom stereocenters. The number of aryl methyl sites for hydroxylation is 2. The Bertz CT molecular complexity index is 1250. The van der Waals surface area contributed by atoms with Gasteiger partial charge in [-0.1, -0.05) is 5.16 Å². The Kier molecular flexibility index (Phi) is 6.30. The summed E-state index contributed by atoms with van der Waals surface area (Å²) in [4.78, 5) is 21.2. The predicted molar refractivity (Wildman–Crippen MR) is 117 cm³/mol. The predicted octanol–water partition coefficient (Wildman–Crippen LogP) is 3.67. The van der Waals surface area contributed by atoms with E-state index in [0.717, 1.165) is 18.2 Å². The number of phenolic OH excluding ortho intramolecular Hbond substituents is 1. The lowest BCUT2D eigenvalue weighted by Gasteiger charge is -2.34. The average molecular weight is 490 g/mol. The minimum atomic E-state index is -4.70. The number of piperidine rings is 1. The normalized spacial score (nSPS) is 14.9. The van der Waals surface area contributed by atoms with Crippen molar-refractivity contribution in [3.63, 3.8) is 0 Å². The molecule has 0 saturated carbocycles. The SMILES string of the molecule is Cc1noc(C)c1-c1nc(-c2cc(O)ccc2C(F)(F)F)nc(NC2CCN(C(=O)[O-])CC2)c1C. The number of hydrogen-bond acceptors (Lipinski definition) is 8. The third-order valence-corrected chi connectivity index (χ3v) is 6.06. The smallest absolute Gasteiger partial charge is 0.417 e. The second kappa shape index (κ2) is 9.08. The number of anilines is 1. The van der Waals surface area contributed by atoms with Crippen LogP contribution in [0, 0.1) is 20.8 Å². The number of nitrogens with one attached hydrogen (secondary N) is 1.